The van der Waals surface area contributed by atoms with Gasteiger partial charge < -0.3 is 18.8 Å². The summed E-state index contributed by atoms with van der Waals surface area (Å²) in [5, 5.41) is 2.33. The van der Waals surface area contributed by atoms with Gasteiger partial charge in [-0.05, 0) is 30.2 Å². The summed E-state index contributed by atoms with van der Waals surface area (Å²) in [4.78, 5) is 45.4. The van der Waals surface area contributed by atoms with Gasteiger partial charge in [0.05, 0.1) is 25.5 Å². The minimum atomic E-state index is -0.652. The van der Waals surface area contributed by atoms with Gasteiger partial charge in [-0.15, -0.1) is 0 Å². The Labute approximate surface area is 207 Å². The number of amides is 3. The minimum absolute atomic E-state index is 0.217. The monoisotopic (exact) mass is 489 g/mol. The van der Waals surface area contributed by atoms with Crippen molar-refractivity contribution in [2.24, 2.45) is 0 Å². The van der Waals surface area contributed by atoms with Crippen molar-refractivity contribution in [2.75, 3.05) is 26.3 Å². The molecular weight excluding hydrogens is 462 g/mol. The van der Waals surface area contributed by atoms with Crippen LogP contribution in [0, 0.1) is 0 Å². The van der Waals surface area contributed by atoms with Crippen LogP contribution in [0.25, 0.3) is 5.65 Å². The molecule has 6 rings (SSSR count). The lowest BCUT2D eigenvalue weighted by molar-refractivity contribution is -0.136. The third-order valence-electron chi connectivity index (χ3n) is 6.99. The van der Waals surface area contributed by atoms with Crippen LogP contribution in [0.15, 0.2) is 42.7 Å². The van der Waals surface area contributed by atoms with E-state index in [0.717, 1.165) is 49.8 Å². The summed E-state index contributed by atoms with van der Waals surface area (Å²) in [5.41, 5.74) is 4.12. The molecule has 186 valence electrons. The van der Waals surface area contributed by atoms with Gasteiger partial charge in [0, 0.05) is 49.6 Å². The molecule has 10 heteroatoms. The number of rotatable bonds is 6. The number of fused-ring (bicyclic) bond motifs is 2. The van der Waals surface area contributed by atoms with E-state index >= 15 is 0 Å². The summed E-state index contributed by atoms with van der Waals surface area (Å²) in [6.07, 6.45) is 4.61. The highest BCUT2D eigenvalue weighted by molar-refractivity contribution is 6.05. The van der Waals surface area contributed by atoms with Crippen LogP contribution in [0.3, 0.4) is 0 Å². The Morgan fingerprint density at radius 2 is 1.94 bits per heavy atom. The Kier molecular flexibility index (Phi) is 5.90. The van der Waals surface area contributed by atoms with Crippen LogP contribution in [0.5, 0.6) is 5.75 Å². The van der Waals surface area contributed by atoms with E-state index in [0.29, 0.717) is 17.7 Å². The number of carbonyl (C=O) groups excluding carboxylic acids is 3. The van der Waals surface area contributed by atoms with Gasteiger partial charge in [0.1, 0.15) is 24.0 Å². The van der Waals surface area contributed by atoms with Crippen molar-refractivity contribution in [1.29, 1.82) is 0 Å². The van der Waals surface area contributed by atoms with E-state index in [2.05, 4.69) is 27.5 Å². The summed E-state index contributed by atoms with van der Waals surface area (Å²) in [6.45, 7) is 4.81. The maximum atomic E-state index is 13.0. The van der Waals surface area contributed by atoms with E-state index in [9.17, 15) is 14.4 Å². The number of hydrogen-bond donors (Lipinski definition) is 1. The van der Waals surface area contributed by atoms with Gasteiger partial charge in [0.2, 0.25) is 11.8 Å². The molecular formula is C26H27N5O5. The number of nitrogens with one attached hydrogen (secondary N) is 1. The van der Waals surface area contributed by atoms with Gasteiger partial charge in [-0.3, -0.25) is 24.6 Å². The number of imidazole rings is 1. The number of aromatic nitrogens is 2. The summed E-state index contributed by atoms with van der Waals surface area (Å²) in [6, 6.07) is 8.81. The van der Waals surface area contributed by atoms with Crippen molar-refractivity contribution in [1.82, 2.24) is 24.5 Å². The van der Waals surface area contributed by atoms with Gasteiger partial charge in [-0.1, -0.05) is 12.1 Å². The quantitative estimate of drug-likeness (QED) is 0.523. The van der Waals surface area contributed by atoms with Crippen molar-refractivity contribution < 1.29 is 23.9 Å². The molecule has 3 aliphatic heterocycles. The molecule has 10 nitrogen and oxygen atoms in total. The fraction of sp³-hybridized carbons (Fsp3) is 0.385. The number of imide groups is 1. The number of carbonyl (C=O) groups is 3. The van der Waals surface area contributed by atoms with Crippen LogP contribution in [0.2, 0.25) is 0 Å². The normalized spacial score (nSPS) is 20.6. The largest absolute Gasteiger partial charge is 0.487 e. The first-order valence-electron chi connectivity index (χ1n) is 12.2. The number of hydrogen-bond acceptors (Lipinski definition) is 7. The van der Waals surface area contributed by atoms with E-state index < -0.39 is 11.9 Å². The Balaban J connectivity index is 1.15. The number of benzene rings is 1. The average molecular weight is 490 g/mol. The molecule has 3 aromatic rings. The van der Waals surface area contributed by atoms with Crippen LogP contribution in [-0.4, -0.2) is 69.3 Å². The molecule has 3 amide bonds. The lowest BCUT2D eigenvalue weighted by Gasteiger charge is -2.29. The molecule has 1 aromatic carbocycles. The maximum Gasteiger partial charge on any atom is 0.255 e. The van der Waals surface area contributed by atoms with Crippen molar-refractivity contribution in [3.05, 3.63) is 65.1 Å². The molecule has 2 fully saturated rings. The van der Waals surface area contributed by atoms with Gasteiger partial charge in [0.15, 0.2) is 0 Å². The first kappa shape index (κ1) is 22.7. The topological polar surface area (TPSA) is 105 Å². The molecule has 3 aliphatic rings. The molecule has 1 atom stereocenters. The average Bonchev–Trinajstić information content (AvgIpc) is 3.44. The second kappa shape index (κ2) is 9.36. The predicted molar refractivity (Wildman–Crippen MR) is 128 cm³/mol. The third-order valence-corrected chi connectivity index (χ3v) is 6.99. The van der Waals surface area contributed by atoms with E-state index in [4.69, 9.17) is 9.47 Å². The number of ether oxygens (including phenoxy) is 2. The van der Waals surface area contributed by atoms with E-state index in [1.807, 2.05) is 22.7 Å². The van der Waals surface area contributed by atoms with Gasteiger partial charge in [-0.2, -0.15) is 0 Å². The molecule has 0 aliphatic carbocycles. The van der Waals surface area contributed by atoms with Crippen LogP contribution in [0.1, 0.15) is 40.0 Å². The first-order chi connectivity index (χ1) is 17.5. The van der Waals surface area contributed by atoms with Crippen molar-refractivity contribution in [2.45, 2.75) is 38.6 Å². The highest BCUT2D eigenvalue weighted by Gasteiger charge is 2.40. The Morgan fingerprint density at radius 3 is 2.78 bits per heavy atom. The smallest absolute Gasteiger partial charge is 0.255 e. The zero-order chi connectivity index (χ0) is 24.6. The van der Waals surface area contributed by atoms with Crippen molar-refractivity contribution >= 4 is 23.4 Å². The Morgan fingerprint density at radius 1 is 1.08 bits per heavy atom. The second-order valence-electron chi connectivity index (χ2n) is 9.39. The SMILES string of the molecule is O=C1CCC(N2Cc3c(OCc4cn5cc(CN6CCOCC6)ccc5n4)cccc3C2=O)C(=O)N1. The number of piperidine rings is 1. The molecule has 1 unspecified atom stereocenters. The van der Waals surface area contributed by atoms with Gasteiger partial charge in [-0.25, -0.2) is 4.98 Å². The molecule has 5 heterocycles. The summed E-state index contributed by atoms with van der Waals surface area (Å²) < 4.78 is 13.6. The molecule has 2 saturated heterocycles. The van der Waals surface area contributed by atoms with Crippen LogP contribution >= 0.6 is 0 Å². The van der Waals surface area contributed by atoms with Crippen LogP contribution in [0.4, 0.5) is 0 Å². The fourth-order valence-corrected chi connectivity index (χ4v) is 5.12. The molecule has 1 N–H and O–H groups in total. The third kappa shape index (κ3) is 4.33. The van der Waals surface area contributed by atoms with Crippen molar-refractivity contribution in [3.8, 4) is 5.75 Å². The summed E-state index contributed by atoms with van der Waals surface area (Å²) in [7, 11) is 0. The molecule has 0 spiro atoms. The first-order valence-corrected chi connectivity index (χ1v) is 12.2. The second-order valence-corrected chi connectivity index (χ2v) is 9.39. The van der Waals surface area contributed by atoms with Gasteiger partial charge in [0.25, 0.3) is 5.91 Å². The molecule has 36 heavy (non-hydrogen) atoms. The van der Waals surface area contributed by atoms with Crippen molar-refractivity contribution in [3.63, 3.8) is 0 Å². The zero-order valence-corrected chi connectivity index (χ0v) is 19.8. The number of pyridine rings is 1. The van der Waals surface area contributed by atoms with Crippen LogP contribution < -0.4 is 10.1 Å². The highest BCUT2D eigenvalue weighted by atomic mass is 16.5. The highest BCUT2D eigenvalue weighted by Crippen LogP contribution is 2.34. The zero-order valence-electron chi connectivity index (χ0n) is 19.8. The Bertz CT molecular complexity index is 1350. The Hall–Kier alpha value is -3.76. The fourth-order valence-electron chi connectivity index (χ4n) is 5.12. The molecule has 0 saturated carbocycles. The van der Waals surface area contributed by atoms with Crippen LogP contribution in [-0.2, 0) is 34.0 Å². The predicted octanol–water partition coefficient (Wildman–Crippen LogP) is 1.51. The lowest BCUT2D eigenvalue weighted by Crippen LogP contribution is -2.52. The van der Waals surface area contributed by atoms with E-state index in [1.54, 1.807) is 12.1 Å². The standard InChI is InChI=1S/C26H27N5O5/c32-24-7-5-21(25(33)28-24)31-15-20-19(26(31)34)2-1-3-22(20)36-16-18-14-30-13-17(4-6-23(30)27-18)12-29-8-10-35-11-9-29/h1-4,6,13-14,21H,5,7-12,15-16H2,(H,28,32,33). The number of morpholine rings is 1. The molecule has 0 radical (unpaired) electrons. The van der Waals surface area contributed by atoms with E-state index in [1.165, 1.54) is 10.5 Å². The minimum Gasteiger partial charge on any atom is -0.487 e. The lowest BCUT2D eigenvalue weighted by atomic mass is 10.0. The van der Waals surface area contributed by atoms with Gasteiger partial charge >= 0.3 is 0 Å². The maximum absolute atomic E-state index is 13.0. The summed E-state index contributed by atoms with van der Waals surface area (Å²) >= 11 is 0. The molecule has 2 aromatic heterocycles. The summed E-state index contributed by atoms with van der Waals surface area (Å²) in [5.74, 6) is -0.344. The number of nitrogens with zero attached hydrogens (tertiary/aromatic N) is 4. The van der Waals surface area contributed by atoms with E-state index in [-0.39, 0.29) is 31.4 Å². The molecule has 0 bridgehead atoms.